The Balaban J connectivity index is 1.37. The average Bonchev–Trinajstić information content (AvgIpc) is 3.51. The van der Waals surface area contributed by atoms with E-state index in [1.165, 1.54) is 30.0 Å². The number of nitrogens with zero attached hydrogens (tertiary/aromatic N) is 5. The molecule has 0 bridgehead atoms. The van der Waals surface area contributed by atoms with Crippen molar-refractivity contribution in [3.05, 3.63) is 56.0 Å². The fourth-order valence-corrected chi connectivity index (χ4v) is 7.06. The number of anilines is 1. The van der Waals surface area contributed by atoms with E-state index in [9.17, 15) is 54.5 Å². The summed E-state index contributed by atoms with van der Waals surface area (Å²) in [6, 6.07) is 1.52. The van der Waals surface area contributed by atoms with Gasteiger partial charge >= 0.3 is 11.9 Å². The van der Waals surface area contributed by atoms with Gasteiger partial charge < -0.3 is 46.2 Å². The summed E-state index contributed by atoms with van der Waals surface area (Å²) in [5, 5.41) is 58.1. The third-order valence-electron chi connectivity index (χ3n) is 7.88. The maximum absolute atomic E-state index is 13.4. The lowest BCUT2D eigenvalue weighted by molar-refractivity contribution is -0.161. The van der Waals surface area contributed by atoms with Gasteiger partial charge in [0.2, 0.25) is 11.0 Å². The Kier molecular flexibility index (Phi) is 9.67. The van der Waals surface area contributed by atoms with Gasteiger partial charge in [0.25, 0.3) is 17.7 Å². The Bertz CT molecular complexity index is 2200. The fraction of sp³-hybridized carbons (Fsp3) is 0.300. The van der Waals surface area contributed by atoms with Crippen LogP contribution in [0, 0.1) is 11.3 Å². The lowest BCUT2D eigenvalue weighted by atomic mass is 10.0. The number of thiazole rings is 1. The van der Waals surface area contributed by atoms with Crippen LogP contribution in [0.4, 0.5) is 5.13 Å². The smallest absolute Gasteiger partial charge is 0.352 e. The summed E-state index contributed by atoms with van der Waals surface area (Å²) in [5.41, 5.74) is 1.19. The van der Waals surface area contributed by atoms with E-state index >= 15 is 0 Å². The van der Waals surface area contributed by atoms with Gasteiger partial charge in [0, 0.05) is 36.5 Å². The van der Waals surface area contributed by atoms with Gasteiger partial charge in [0.1, 0.15) is 40.0 Å². The number of oxime groups is 1. The average molecular weight is 741 g/mol. The molecule has 0 unspecified atom stereocenters. The Hall–Kier alpha value is -6.14. The van der Waals surface area contributed by atoms with Crippen LogP contribution in [-0.4, -0.2) is 99.6 Å². The molecule has 2 atom stereocenters. The largest absolute Gasteiger partial charge is 0.504 e. The maximum Gasteiger partial charge on any atom is 0.352 e. The number of carbonyl (C=O) groups excluding carboxylic acids is 3. The molecule has 4 heterocycles. The van der Waals surface area contributed by atoms with Crippen molar-refractivity contribution in [1.29, 1.82) is 5.26 Å². The van der Waals surface area contributed by atoms with E-state index in [0.29, 0.717) is 0 Å². The molecule has 1 aromatic carbocycles. The molecule has 1 saturated heterocycles. The van der Waals surface area contributed by atoms with Gasteiger partial charge in [-0.1, -0.05) is 5.16 Å². The fourth-order valence-electron chi connectivity index (χ4n) is 5.16. The van der Waals surface area contributed by atoms with Crippen LogP contribution in [0.5, 0.6) is 11.5 Å². The third-order valence-corrected chi connectivity index (χ3v) is 9.89. The minimum atomic E-state index is -1.84. The van der Waals surface area contributed by atoms with Gasteiger partial charge in [-0.05, 0) is 26.3 Å². The molecule has 2 aliphatic rings. The number of fused-ring (bicyclic) bond motifs is 2. The minimum Gasteiger partial charge on any atom is -0.504 e. The second-order valence-corrected chi connectivity index (χ2v) is 13.5. The zero-order valence-electron chi connectivity index (χ0n) is 26.8. The second-order valence-electron chi connectivity index (χ2n) is 11.5. The number of phenols is 2. The standard InChI is InChI=1S/C30H28N8O11S2/c1-4-37-8-13(22(41)17-12(6-31)21(40)16(39)5-15(17)37)23(42)33-7-11-9-50-26-19(25(44)38(26)20(11)27(45)46)35-24(43)18(14-10-51-29(32)34-14)36-49-30(2,3)28(47)48/h5,8,10,19,26,39-40H,4,7,9H2,1-3H3,(H2,32,34)(H,33,42)(H,35,43)(H,45,46)(H,47,48)/b36-18-/t19-,26-/m1/s1. The zero-order valence-corrected chi connectivity index (χ0v) is 28.4. The molecule has 21 heteroatoms. The zero-order chi connectivity index (χ0) is 37.5. The molecule has 0 spiro atoms. The molecule has 3 aromatic rings. The predicted molar refractivity (Wildman–Crippen MR) is 180 cm³/mol. The van der Waals surface area contributed by atoms with E-state index in [1.807, 2.05) is 0 Å². The summed E-state index contributed by atoms with van der Waals surface area (Å²) in [4.78, 5) is 87.1. The summed E-state index contributed by atoms with van der Waals surface area (Å²) in [7, 11) is 0. The molecule has 2 aromatic heterocycles. The van der Waals surface area contributed by atoms with E-state index < -0.39 is 92.7 Å². The molecule has 8 N–H and O–H groups in total. The first kappa shape index (κ1) is 36.1. The van der Waals surface area contributed by atoms with E-state index in [-0.39, 0.29) is 39.6 Å². The van der Waals surface area contributed by atoms with Gasteiger partial charge in [-0.2, -0.15) is 5.26 Å². The van der Waals surface area contributed by atoms with Crippen LogP contribution >= 0.6 is 23.1 Å². The van der Waals surface area contributed by atoms with E-state index in [0.717, 1.165) is 34.1 Å². The number of hydrogen-bond donors (Lipinski definition) is 7. The van der Waals surface area contributed by atoms with Crippen LogP contribution in [0.25, 0.3) is 10.9 Å². The Labute approximate surface area is 294 Å². The molecule has 3 amide bonds. The first-order chi connectivity index (χ1) is 24.0. The highest BCUT2D eigenvalue weighted by molar-refractivity contribution is 8.00. The topological polar surface area (TPSA) is 300 Å². The number of aryl methyl sites for hydroxylation is 1. The first-order valence-electron chi connectivity index (χ1n) is 14.7. The number of hydrogen-bond acceptors (Lipinski definition) is 15. The van der Waals surface area contributed by atoms with Gasteiger partial charge in [0.15, 0.2) is 22.3 Å². The highest BCUT2D eigenvalue weighted by Crippen LogP contribution is 2.40. The van der Waals surface area contributed by atoms with Crippen molar-refractivity contribution in [2.45, 2.75) is 44.3 Å². The van der Waals surface area contributed by atoms with Gasteiger partial charge in [-0.25, -0.2) is 14.6 Å². The summed E-state index contributed by atoms with van der Waals surface area (Å²) in [6.07, 6.45) is 1.20. The summed E-state index contributed by atoms with van der Waals surface area (Å²) < 4.78 is 1.42. The number of carboxylic acids is 2. The molecular formula is C30H28N8O11S2. The molecule has 0 saturated carbocycles. The number of nitriles is 1. The van der Waals surface area contributed by atoms with Crippen LogP contribution in [0.2, 0.25) is 0 Å². The van der Waals surface area contributed by atoms with Crippen molar-refractivity contribution >= 4 is 74.5 Å². The van der Waals surface area contributed by atoms with Crippen LogP contribution in [0.1, 0.15) is 42.4 Å². The number of phenolic OH excluding ortho intramolecular Hbond substituents is 2. The Morgan fingerprint density at radius 1 is 1.24 bits per heavy atom. The summed E-state index contributed by atoms with van der Waals surface area (Å²) in [6.45, 7) is 3.86. The Morgan fingerprint density at radius 3 is 2.53 bits per heavy atom. The molecule has 5 rings (SSSR count). The number of carbonyl (C=O) groups is 5. The normalized spacial score (nSPS) is 17.3. The van der Waals surface area contributed by atoms with Crippen LogP contribution in [0.3, 0.4) is 0 Å². The number of rotatable bonds is 11. The number of pyridine rings is 1. The number of benzene rings is 1. The molecule has 1 fully saturated rings. The quantitative estimate of drug-likeness (QED) is 0.0593. The van der Waals surface area contributed by atoms with Crippen LogP contribution < -0.4 is 21.8 Å². The molecule has 2 aliphatic heterocycles. The first-order valence-corrected chi connectivity index (χ1v) is 16.7. The maximum atomic E-state index is 13.4. The van der Waals surface area contributed by atoms with Crippen LogP contribution in [-0.2, 0) is 30.6 Å². The lowest BCUT2D eigenvalue weighted by Gasteiger charge is -2.49. The SMILES string of the molecule is CCn1cc(C(=O)NCC2=C(C(=O)O)N3C(=O)[C@@H](NC(=O)/C(=N\OC(C)(C)C(=O)O)c4csc(N)n4)[C@H]3SC2)c(=O)c2c(C#N)c(O)c(O)cc21. The molecule has 51 heavy (non-hydrogen) atoms. The minimum absolute atomic E-state index is 0.0230. The second kappa shape index (κ2) is 13.6. The summed E-state index contributed by atoms with van der Waals surface area (Å²) >= 11 is 2.04. The van der Waals surface area contributed by atoms with Crippen molar-refractivity contribution in [2.24, 2.45) is 5.16 Å². The molecule has 19 nitrogen and oxygen atoms in total. The number of nitrogen functional groups attached to an aromatic ring is 1. The highest BCUT2D eigenvalue weighted by Gasteiger charge is 2.54. The van der Waals surface area contributed by atoms with Crippen molar-refractivity contribution in [1.82, 2.24) is 25.1 Å². The number of aliphatic carboxylic acids is 2. The monoisotopic (exact) mass is 740 g/mol. The van der Waals surface area contributed by atoms with Crippen molar-refractivity contribution in [3.63, 3.8) is 0 Å². The third kappa shape index (κ3) is 6.49. The number of β-lactam (4-membered cyclic amide) rings is 1. The number of nitrogens with two attached hydrogens (primary N) is 1. The number of nitrogens with one attached hydrogen (secondary N) is 2. The highest BCUT2D eigenvalue weighted by atomic mass is 32.2. The Morgan fingerprint density at radius 2 is 1.94 bits per heavy atom. The number of amides is 3. The summed E-state index contributed by atoms with van der Waals surface area (Å²) in [5.74, 6) is -7.08. The van der Waals surface area contributed by atoms with E-state index in [4.69, 9.17) is 10.6 Å². The van der Waals surface area contributed by atoms with Crippen molar-refractivity contribution in [2.75, 3.05) is 18.0 Å². The number of carboxylic acid groups (broad SMARTS) is 2. The van der Waals surface area contributed by atoms with Crippen molar-refractivity contribution in [3.8, 4) is 17.6 Å². The predicted octanol–water partition coefficient (Wildman–Crippen LogP) is 0.0955. The van der Waals surface area contributed by atoms with E-state index in [2.05, 4.69) is 20.8 Å². The number of aromatic nitrogens is 2. The van der Waals surface area contributed by atoms with Gasteiger partial charge in [-0.3, -0.25) is 24.1 Å². The molecule has 266 valence electrons. The number of thioether (sulfide) groups is 1. The van der Waals surface area contributed by atoms with Crippen molar-refractivity contribution < 1.29 is 49.2 Å². The molecular weight excluding hydrogens is 713 g/mol. The number of aromatic hydroxyl groups is 2. The van der Waals surface area contributed by atoms with Crippen LogP contribution in [0.15, 0.2) is 38.9 Å². The lowest BCUT2D eigenvalue weighted by Crippen LogP contribution is -2.71. The van der Waals surface area contributed by atoms with E-state index in [1.54, 1.807) is 13.0 Å². The molecule has 0 aliphatic carbocycles. The molecule has 0 radical (unpaired) electrons. The van der Waals surface area contributed by atoms with Gasteiger partial charge in [-0.15, -0.1) is 23.1 Å². The van der Waals surface area contributed by atoms with Gasteiger partial charge in [0.05, 0.1) is 10.9 Å².